The first kappa shape index (κ1) is 11.5. The monoisotopic (exact) mass is 262 g/mol. The molecule has 0 radical (unpaired) electrons. The standard InChI is InChI=1S/C13H14N2O2S/c1-8-14-12(11-3-2-6-18-11)10-5-4-9(13(16)17)7-15(8)10/h2-3,6,9H,4-5,7H2,1H3,(H,16,17). The van der Waals surface area contributed by atoms with Crippen LogP contribution in [-0.2, 0) is 17.8 Å². The molecule has 94 valence electrons. The molecule has 1 aliphatic heterocycles. The van der Waals surface area contributed by atoms with Crippen LogP contribution in [0.5, 0.6) is 0 Å². The molecule has 1 aliphatic rings. The Morgan fingerprint density at radius 1 is 1.61 bits per heavy atom. The zero-order chi connectivity index (χ0) is 12.7. The second-order valence-electron chi connectivity index (χ2n) is 4.62. The van der Waals surface area contributed by atoms with Gasteiger partial charge in [0, 0.05) is 12.2 Å². The lowest BCUT2D eigenvalue weighted by Crippen LogP contribution is -2.27. The fourth-order valence-corrected chi connectivity index (χ4v) is 3.28. The first-order chi connectivity index (χ1) is 8.66. The highest BCUT2D eigenvalue weighted by Gasteiger charge is 2.28. The van der Waals surface area contributed by atoms with Crippen molar-refractivity contribution in [2.45, 2.75) is 26.3 Å². The number of imidazole rings is 1. The van der Waals surface area contributed by atoms with Crippen molar-refractivity contribution in [3.05, 3.63) is 29.0 Å². The van der Waals surface area contributed by atoms with Crippen molar-refractivity contribution in [1.29, 1.82) is 0 Å². The lowest BCUT2D eigenvalue weighted by atomic mass is 9.97. The summed E-state index contributed by atoms with van der Waals surface area (Å²) in [5, 5.41) is 11.2. The maximum absolute atomic E-state index is 11.1. The van der Waals surface area contributed by atoms with Crippen LogP contribution in [0.3, 0.4) is 0 Å². The smallest absolute Gasteiger partial charge is 0.308 e. The highest BCUT2D eigenvalue weighted by molar-refractivity contribution is 7.13. The number of carbonyl (C=O) groups is 1. The van der Waals surface area contributed by atoms with Gasteiger partial charge in [-0.05, 0) is 31.2 Å². The van der Waals surface area contributed by atoms with Gasteiger partial charge < -0.3 is 9.67 Å². The molecule has 0 amide bonds. The molecule has 4 nitrogen and oxygen atoms in total. The Morgan fingerprint density at radius 2 is 2.44 bits per heavy atom. The Bertz CT molecular complexity index is 586. The zero-order valence-electron chi connectivity index (χ0n) is 10.1. The van der Waals surface area contributed by atoms with Crippen molar-refractivity contribution in [1.82, 2.24) is 9.55 Å². The molecule has 0 saturated carbocycles. The molecule has 0 saturated heterocycles. The number of aliphatic carboxylic acids is 1. The third kappa shape index (κ3) is 1.75. The second-order valence-corrected chi connectivity index (χ2v) is 5.56. The number of carboxylic acid groups (broad SMARTS) is 1. The highest BCUT2D eigenvalue weighted by atomic mass is 32.1. The van der Waals surface area contributed by atoms with E-state index >= 15 is 0 Å². The molecule has 0 bridgehead atoms. The van der Waals surface area contributed by atoms with Crippen LogP contribution in [0.4, 0.5) is 0 Å². The van der Waals surface area contributed by atoms with Gasteiger partial charge in [-0.15, -0.1) is 11.3 Å². The summed E-state index contributed by atoms with van der Waals surface area (Å²) in [6.07, 6.45) is 1.50. The topological polar surface area (TPSA) is 55.1 Å². The van der Waals surface area contributed by atoms with Crippen LogP contribution in [-0.4, -0.2) is 20.6 Å². The third-order valence-corrected chi connectivity index (χ3v) is 4.38. The van der Waals surface area contributed by atoms with E-state index < -0.39 is 5.97 Å². The minimum atomic E-state index is -0.702. The minimum Gasteiger partial charge on any atom is -0.481 e. The number of nitrogens with zero attached hydrogens (tertiary/aromatic N) is 2. The molecule has 1 N–H and O–H groups in total. The van der Waals surface area contributed by atoms with Gasteiger partial charge in [-0.3, -0.25) is 4.79 Å². The summed E-state index contributed by atoms with van der Waals surface area (Å²) in [7, 11) is 0. The lowest BCUT2D eigenvalue weighted by Gasteiger charge is -2.22. The fourth-order valence-electron chi connectivity index (χ4n) is 2.54. The third-order valence-electron chi connectivity index (χ3n) is 3.50. The van der Waals surface area contributed by atoms with Gasteiger partial charge >= 0.3 is 5.97 Å². The number of hydrogen-bond acceptors (Lipinski definition) is 3. The lowest BCUT2D eigenvalue weighted by molar-refractivity contribution is -0.142. The van der Waals surface area contributed by atoms with E-state index in [1.807, 2.05) is 18.4 Å². The van der Waals surface area contributed by atoms with Gasteiger partial charge in [0.2, 0.25) is 0 Å². The van der Waals surface area contributed by atoms with Gasteiger partial charge in [0.15, 0.2) is 0 Å². The van der Waals surface area contributed by atoms with Crippen molar-refractivity contribution >= 4 is 17.3 Å². The molecule has 18 heavy (non-hydrogen) atoms. The van der Waals surface area contributed by atoms with E-state index in [0.29, 0.717) is 13.0 Å². The van der Waals surface area contributed by atoms with E-state index in [0.717, 1.165) is 17.9 Å². The van der Waals surface area contributed by atoms with E-state index in [-0.39, 0.29) is 5.92 Å². The first-order valence-electron chi connectivity index (χ1n) is 5.99. The number of carboxylic acids is 1. The molecule has 3 rings (SSSR count). The Hall–Kier alpha value is -1.62. The van der Waals surface area contributed by atoms with Gasteiger partial charge in [0.25, 0.3) is 0 Å². The van der Waals surface area contributed by atoms with E-state index in [1.165, 1.54) is 10.6 Å². The van der Waals surface area contributed by atoms with Crippen LogP contribution in [0, 0.1) is 12.8 Å². The van der Waals surface area contributed by atoms with Gasteiger partial charge in [-0.1, -0.05) is 6.07 Å². The van der Waals surface area contributed by atoms with E-state index in [4.69, 9.17) is 5.11 Å². The summed E-state index contributed by atoms with van der Waals surface area (Å²) in [6, 6.07) is 4.08. The summed E-state index contributed by atoms with van der Waals surface area (Å²) in [6.45, 7) is 2.50. The fraction of sp³-hybridized carbons (Fsp3) is 0.385. The average molecular weight is 262 g/mol. The molecule has 0 aliphatic carbocycles. The van der Waals surface area contributed by atoms with Crippen molar-refractivity contribution in [3.63, 3.8) is 0 Å². The number of aryl methyl sites for hydroxylation is 1. The van der Waals surface area contributed by atoms with E-state index in [9.17, 15) is 4.79 Å². The number of aromatic nitrogens is 2. The molecule has 1 unspecified atom stereocenters. The quantitative estimate of drug-likeness (QED) is 0.905. The summed E-state index contributed by atoms with van der Waals surface area (Å²) < 4.78 is 2.07. The minimum absolute atomic E-state index is 0.276. The van der Waals surface area contributed by atoms with E-state index in [2.05, 4.69) is 15.6 Å². The maximum atomic E-state index is 11.1. The van der Waals surface area contributed by atoms with Crippen LogP contribution < -0.4 is 0 Å². The van der Waals surface area contributed by atoms with Crippen LogP contribution in [0.1, 0.15) is 17.9 Å². The van der Waals surface area contributed by atoms with Crippen molar-refractivity contribution in [2.24, 2.45) is 5.92 Å². The van der Waals surface area contributed by atoms with Crippen LogP contribution in [0.25, 0.3) is 10.6 Å². The number of thiophene rings is 1. The second kappa shape index (κ2) is 4.24. The molecule has 1 atom stereocenters. The predicted molar refractivity (Wildman–Crippen MR) is 69.7 cm³/mol. The normalized spacial score (nSPS) is 18.6. The number of rotatable bonds is 2. The Morgan fingerprint density at radius 3 is 3.11 bits per heavy atom. The van der Waals surface area contributed by atoms with Crippen molar-refractivity contribution < 1.29 is 9.90 Å². The largest absolute Gasteiger partial charge is 0.481 e. The SMILES string of the molecule is Cc1nc(-c2cccs2)c2n1CC(C(=O)O)CC2. The molecule has 0 aromatic carbocycles. The molecule has 5 heteroatoms. The summed E-state index contributed by atoms with van der Waals surface area (Å²) in [4.78, 5) is 16.9. The zero-order valence-corrected chi connectivity index (χ0v) is 10.9. The molecule has 2 aromatic heterocycles. The Kier molecular flexibility index (Phi) is 2.70. The number of fused-ring (bicyclic) bond motifs is 1. The molecule has 0 fully saturated rings. The molecular formula is C13H14N2O2S. The van der Waals surface area contributed by atoms with Gasteiger partial charge in [0.1, 0.15) is 11.5 Å². The predicted octanol–water partition coefficient (Wildman–Crippen LogP) is 2.57. The van der Waals surface area contributed by atoms with E-state index in [1.54, 1.807) is 11.3 Å². The maximum Gasteiger partial charge on any atom is 0.308 e. The van der Waals surface area contributed by atoms with Crippen molar-refractivity contribution in [3.8, 4) is 10.6 Å². The summed E-state index contributed by atoms with van der Waals surface area (Å²) in [5.41, 5.74) is 2.22. The Labute approximate surface area is 109 Å². The van der Waals surface area contributed by atoms with Crippen molar-refractivity contribution in [2.75, 3.05) is 0 Å². The summed E-state index contributed by atoms with van der Waals surface area (Å²) in [5.74, 6) is -0.0626. The molecular weight excluding hydrogens is 248 g/mol. The van der Waals surface area contributed by atoms with Crippen LogP contribution >= 0.6 is 11.3 Å². The summed E-state index contributed by atoms with van der Waals surface area (Å²) >= 11 is 1.68. The van der Waals surface area contributed by atoms with Gasteiger partial charge in [-0.2, -0.15) is 0 Å². The highest BCUT2D eigenvalue weighted by Crippen LogP contribution is 2.32. The molecule has 0 spiro atoms. The molecule has 3 heterocycles. The van der Waals surface area contributed by atoms with Crippen LogP contribution in [0.15, 0.2) is 17.5 Å². The van der Waals surface area contributed by atoms with Gasteiger partial charge in [-0.25, -0.2) is 4.98 Å². The number of hydrogen-bond donors (Lipinski definition) is 1. The van der Waals surface area contributed by atoms with Crippen LogP contribution in [0.2, 0.25) is 0 Å². The molecule has 2 aromatic rings. The average Bonchev–Trinajstić information content (AvgIpc) is 2.97. The Balaban J connectivity index is 2.03. The van der Waals surface area contributed by atoms with Gasteiger partial charge in [0.05, 0.1) is 10.8 Å². The first-order valence-corrected chi connectivity index (χ1v) is 6.87.